The van der Waals surface area contributed by atoms with Crippen LogP contribution in [0.5, 0.6) is 5.75 Å². The lowest BCUT2D eigenvalue weighted by molar-refractivity contribution is 0.317. The molecule has 0 radical (unpaired) electrons. The predicted molar refractivity (Wildman–Crippen MR) is 96.1 cm³/mol. The van der Waals surface area contributed by atoms with E-state index < -0.39 is 10.0 Å². The van der Waals surface area contributed by atoms with E-state index >= 15 is 0 Å². The number of hydrogen-bond donors (Lipinski definition) is 1. The molecule has 1 N–H and O–H groups in total. The third-order valence-corrected chi connectivity index (χ3v) is 4.77. The van der Waals surface area contributed by atoms with Crippen LogP contribution in [0.4, 0.5) is 0 Å². The van der Waals surface area contributed by atoms with Crippen molar-refractivity contribution in [1.29, 1.82) is 0 Å². The van der Waals surface area contributed by atoms with Crippen LogP contribution in [0.15, 0.2) is 52.5 Å². The molecule has 0 unspecified atom stereocenters. The highest BCUT2D eigenvalue weighted by Crippen LogP contribution is 2.17. The number of hydrazone groups is 1. The fourth-order valence-corrected chi connectivity index (χ4v) is 2.91. The monoisotopic (exact) mass is 346 g/mol. The van der Waals surface area contributed by atoms with Crippen LogP contribution in [0.2, 0.25) is 0 Å². The van der Waals surface area contributed by atoms with Crippen molar-refractivity contribution in [3.05, 3.63) is 59.2 Å². The standard InChI is InChI=1S/C18H22N2O3S/c1-4-11-23-18-8-6-5-7-16(18)13-19-20-24(21,22)17-10-9-14(2)15(3)12-17/h5-10,12-13,20H,4,11H2,1-3H3/b19-13+. The average Bonchev–Trinajstić information content (AvgIpc) is 2.56. The van der Waals surface area contributed by atoms with Gasteiger partial charge in [-0.05, 0) is 55.7 Å². The number of rotatable bonds is 7. The Kier molecular flexibility index (Phi) is 5.98. The Balaban J connectivity index is 2.14. The molecule has 0 aliphatic heterocycles. The number of aryl methyl sites for hydroxylation is 2. The third kappa shape index (κ3) is 4.58. The molecule has 0 aliphatic carbocycles. The maximum absolute atomic E-state index is 12.3. The molecule has 5 nitrogen and oxygen atoms in total. The zero-order chi connectivity index (χ0) is 17.6. The maximum atomic E-state index is 12.3. The summed E-state index contributed by atoms with van der Waals surface area (Å²) in [6.45, 7) is 6.43. The van der Waals surface area contributed by atoms with Crippen LogP contribution in [-0.4, -0.2) is 21.2 Å². The first-order chi connectivity index (χ1) is 11.4. The summed E-state index contributed by atoms with van der Waals surface area (Å²) in [6, 6.07) is 12.3. The molecular weight excluding hydrogens is 324 g/mol. The second-order valence-corrected chi connectivity index (χ2v) is 7.15. The minimum atomic E-state index is -3.69. The minimum Gasteiger partial charge on any atom is -0.493 e. The second kappa shape index (κ2) is 7.97. The fourth-order valence-electron chi connectivity index (χ4n) is 2.03. The van der Waals surface area contributed by atoms with Gasteiger partial charge in [0.1, 0.15) is 5.75 Å². The lowest BCUT2D eigenvalue weighted by atomic mass is 10.1. The fraction of sp³-hybridized carbons (Fsp3) is 0.278. The van der Waals surface area contributed by atoms with Gasteiger partial charge in [0, 0.05) is 5.56 Å². The molecule has 24 heavy (non-hydrogen) atoms. The number of benzene rings is 2. The topological polar surface area (TPSA) is 67.8 Å². The van der Waals surface area contributed by atoms with Crippen LogP contribution in [0.25, 0.3) is 0 Å². The Morgan fingerprint density at radius 3 is 2.58 bits per heavy atom. The summed E-state index contributed by atoms with van der Waals surface area (Å²) in [7, 11) is -3.69. The van der Waals surface area contributed by atoms with Gasteiger partial charge in [0.2, 0.25) is 0 Å². The highest BCUT2D eigenvalue weighted by molar-refractivity contribution is 7.89. The SMILES string of the molecule is CCCOc1ccccc1/C=N/NS(=O)(=O)c1ccc(C)c(C)c1. The van der Waals surface area contributed by atoms with Crippen LogP contribution in [-0.2, 0) is 10.0 Å². The van der Waals surface area contributed by atoms with Crippen molar-refractivity contribution in [3.8, 4) is 5.75 Å². The number of sulfonamides is 1. The number of para-hydroxylation sites is 1. The van der Waals surface area contributed by atoms with Crippen molar-refractivity contribution in [2.75, 3.05) is 6.61 Å². The molecule has 0 spiro atoms. The number of nitrogens with one attached hydrogen (secondary N) is 1. The van der Waals surface area contributed by atoms with Crippen molar-refractivity contribution in [3.63, 3.8) is 0 Å². The van der Waals surface area contributed by atoms with Crippen LogP contribution < -0.4 is 9.57 Å². The smallest absolute Gasteiger partial charge is 0.276 e. The summed E-state index contributed by atoms with van der Waals surface area (Å²) in [5.41, 5.74) is 2.67. The molecule has 0 aromatic heterocycles. The molecule has 0 saturated heterocycles. The molecule has 0 saturated carbocycles. The lowest BCUT2D eigenvalue weighted by Crippen LogP contribution is -2.18. The molecule has 0 aliphatic rings. The van der Waals surface area contributed by atoms with Gasteiger partial charge in [-0.2, -0.15) is 13.5 Å². The molecular formula is C18H22N2O3S. The first kappa shape index (κ1) is 18.0. The Hall–Kier alpha value is -2.34. The summed E-state index contributed by atoms with van der Waals surface area (Å²) in [5.74, 6) is 0.675. The molecule has 128 valence electrons. The van der Waals surface area contributed by atoms with E-state index in [0.29, 0.717) is 17.9 Å². The van der Waals surface area contributed by atoms with Crippen molar-refractivity contribution >= 4 is 16.2 Å². The first-order valence-corrected chi connectivity index (χ1v) is 9.26. The van der Waals surface area contributed by atoms with E-state index in [9.17, 15) is 8.42 Å². The van der Waals surface area contributed by atoms with E-state index in [1.807, 2.05) is 45.0 Å². The van der Waals surface area contributed by atoms with E-state index in [1.54, 1.807) is 18.2 Å². The van der Waals surface area contributed by atoms with Crippen LogP contribution in [0, 0.1) is 13.8 Å². The predicted octanol–water partition coefficient (Wildman–Crippen LogP) is 3.40. The molecule has 0 bridgehead atoms. The molecule has 2 aromatic carbocycles. The Bertz CT molecular complexity index is 830. The summed E-state index contributed by atoms with van der Waals surface area (Å²) < 4.78 is 30.2. The van der Waals surface area contributed by atoms with E-state index in [2.05, 4.69) is 9.93 Å². The van der Waals surface area contributed by atoms with E-state index in [0.717, 1.165) is 17.5 Å². The molecule has 0 heterocycles. The highest BCUT2D eigenvalue weighted by atomic mass is 32.2. The zero-order valence-corrected chi connectivity index (χ0v) is 14.9. The largest absolute Gasteiger partial charge is 0.493 e. The molecule has 2 aromatic rings. The lowest BCUT2D eigenvalue weighted by Gasteiger charge is -2.08. The van der Waals surface area contributed by atoms with Crippen LogP contribution in [0.1, 0.15) is 30.0 Å². The second-order valence-electron chi connectivity index (χ2n) is 5.49. The normalized spacial score (nSPS) is 11.6. The molecule has 2 rings (SSSR count). The van der Waals surface area contributed by atoms with Crippen molar-refractivity contribution in [1.82, 2.24) is 4.83 Å². The first-order valence-electron chi connectivity index (χ1n) is 7.78. The summed E-state index contributed by atoms with van der Waals surface area (Å²) >= 11 is 0. The summed E-state index contributed by atoms with van der Waals surface area (Å²) in [5, 5.41) is 3.87. The quantitative estimate of drug-likeness (QED) is 0.617. The van der Waals surface area contributed by atoms with Gasteiger partial charge in [-0.1, -0.05) is 25.1 Å². The number of nitrogens with zero attached hydrogens (tertiary/aromatic N) is 1. The molecule has 0 amide bonds. The van der Waals surface area contributed by atoms with Gasteiger partial charge in [0.25, 0.3) is 10.0 Å². The average molecular weight is 346 g/mol. The van der Waals surface area contributed by atoms with Gasteiger partial charge >= 0.3 is 0 Å². The van der Waals surface area contributed by atoms with Crippen molar-refractivity contribution < 1.29 is 13.2 Å². The van der Waals surface area contributed by atoms with E-state index in [4.69, 9.17) is 4.74 Å². The number of hydrogen-bond acceptors (Lipinski definition) is 4. The zero-order valence-electron chi connectivity index (χ0n) is 14.1. The molecule has 6 heteroatoms. The van der Waals surface area contributed by atoms with Gasteiger partial charge < -0.3 is 4.74 Å². The third-order valence-electron chi connectivity index (χ3n) is 3.55. The number of ether oxygens (including phenoxy) is 1. The summed E-state index contributed by atoms with van der Waals surface area (Å²) in [4.78, 5) is 2.43. The van der Waals surface area contributed by atoms with Gasteiger partial charge in [-0.3, -0.25) is 0 Å². The molecule has 0 atom stereocenters. The highest BCUT2D eigenvalue weighted by Gasteiger charge is 2.13. The van der Waals surface area contributed by atoms with Gasteiger partial charge in [-0.15, -0.1) is 0 Å². The Morgan fingerprint density at radius 1 is 1.12 bits per heavy atom. The van der Waals surface area contributed by atoms with Crippen molar-refractivity contribution in [2.24, 2.45) is 5.10 Å². The Labute approximate surface area is 143 Å². The van der Waals surface area contributed by atoms with Crippen LogP contribution >= 0.6 is 0 Å². The molecule has 0 fully saturated rings. The van der Waals surface area contributed by atoms with E-state index in [-0.39, 0.29) is 4.90 Å². The Morgan fingerprint density at radius 2 is 1.88 bits per heavy atom. The van der Waals surface area contributed by atoms with Gasteiger partial charge in [0.15, 0.2) is 0 Å². The van der Waals surface area contributed by atoms with Gasteiger partial charge in [-0.25, -0.2) is 4.83 Å². The summed E-state index contributed by atoms with van der Waals surface area (Å²) in [6.07, 6.45) is 2.34. The van der Waals surface area contributed by atoms with Crippen LogP contribution in [0.3, 0.4) is 0 Å². The van der Waals surface area contributed by atoms with Gasteiger partial charge in [0.05, 0.1) is 17.7 Å². The maximum Gasteiger partial charge on any atom is 0.276 e. The van der Waals surface area contributed by atoms with Crippen molar-refractivity contribution in [2.45, 2.75) is 32.1 Å². The minimum absolute atomic E-state index is 0.193. The van der Waals surface area contributed by atoms with E-state index in [1.165, 1.54) is 6.21 Å².